The van der Waals surface area contributed by atoms with E-state index in [0.29, 0.717) is 6.61 Å². The van der Waals surface area contributed by atoms with E-state index in [1.165, 1.54) is 35.2 Å². The number of benzene rings is 2. The Labute approximate surface area is 224 Å². The molecule has 4 atom stereocenters. The van der Waals surface area contributed by atoms with Crippen LogP contribution in [0.3, 0.4) is 0 Å². The zero-order valence-corrected chi connectivity index (χ0v) is 20.9. The zero-order valence-electron chi connectivity index (χ0n) is 20.9. The SMILES string of the molecule is CCO/C=C/c1c(C#N)c(C#N)cn1[C@@H]1O[C@H](COC(=O)c2ccccc2)[C@@H](OC(=O)c2ccccc2)[C@@H]1F. The molecule has 1 saturated heterocycles. The second-order valence-electron chi connectivity index (χ2n) is 8.40. The Morgan fingerprint density at radius 3 is 2.26 bits per heavy atom. The number of nitriles is 2. The Morgan fingerprint density at radius 2 is 1.67 bits per heavy atom. The Balaban J connectivity index is 1.65. The molecule has 0 radical (unpaired) electrons. The van der Waals surface area contributed by atoms with Gasteiger partial charge in [-0.2, -0.15) is 10.5 Å². The molecule has 0 aliphatic carbocycles. The Kier molecular flexibility index (Phi) is 8.72. The second-order valence-corrected chi connectivity index (χ2v) is 8.40. The van der Waals surface area contributed by atoms with Crippen molar-refractivity contribution in [3.8, 4) is 12.1 Å². The van der Waals surface area contributed by atoms with Crippen molar-refractivity contribution in [3.05, 3.63) is 101 Å². The summed E-state index contributed by atoms with van der Waals surface area (Å²) >= 11 is 0. The first-order valence-electron chi connectivity index (χ1n) is 12.1. The third-order valence-corrected chi connectivity index (χ3v) is 5.97. The molecule has 0 N–H and O–H groups in total. The van der Waals surface area contributed by atoms with Crippen molar-refractivity contribution in [2.24, 2.45) is 0 Å². The van der Waals surface area contributed by atoms with E-state index in [1.807, 2.05) is 12.1 Å². The van der Waals surface area contributed by atoms with E-state index < -0.39 is 43.2 Å². The van der Waals surface area contributed by atoms with Crippen LogP contribution in [-0.4, -0.2) is 48.1 Å². The maximum absolute atomic E-state index is 16.0. The van der Waals surface area contributed by atoms with Crippen molar-refractivity contribution < 1.29 is 32.9 Å². The van der Waals surface area contributed by atoms with Crippen LogP contribution in [0.1, 0.15) is 50.7 Å². The highest BCUT2D eigenvalue weighted by Gasteiger charge is 2.50. The number of halogens is 1. The Bertz CT molecular complexity index is 1420. The van der Waals surface area contributed by atoms with Gasteiger partial charge in [0.1, 0.15) is 24.8 Å². The molecule has 2 heterocycles. The highest BCUT2D eigenvalue weighted by molar-refractivity contribution is 5.90. The summed E-state index contributed by atoms with van der Waals surface area (Å²) in [6, 6.07) is 20.1. The van der Waals surface area contributed by atoms with E-state index in [2.05, 4.69) is 0 Å². The molecule has 198 valence electrons. The van der Waals surface area contributed by atoms with Crippen molar-refractivity contribution >= 4 is 18.0 Å². The monoisotopic (exact) mass is 529 g/mol. The van der Waals surface area contributed by atoms with Gasteiger partial charge in [-0.25, -0.2) is 14.0 Å². The molecular weight excluding hydrogens is 505 g/mol. The van der Waals surface area contributed by atoms with Gasteiger partial charge >= 0.3 is 11.9 Å². The van der Waals surface area contributed by atoms with Gasteiger partial charge in [0, 0.05) is 6.20 Å². The van der Waals surface area contributed by atoms with Crippen molar-refractivity contribution in [1.82, 2.24) is 4.57 Å². The minimum absolute atomic E-state index is 0.000962. The molecule has 0 unspecified atom stereocenters. The van der Waals surface area contributed by atoms with Gasteiger partial charge < -0.3 is 23.5 Å². The number of hydrogen-bond donors (Lipinski definition) is 0. The topological polar surface area (TPSA) is 124 Å². The fourth-order valence-electron chi connectivity index (χ4n) is 4.11. The first kappa shape index (κ1) is 27.1. The van der Waals surface area contributed by atoms with Crippen LogP contribution >= 0.6 is 0 Å². The van der Waals surface area contributed by atoms with E-state index in [0.717, 1.165) is 0 Å². The molecule has 3 aromatic rings. The predicted molar refractivity (Wildman–Crippen MR) is 136 cm³/mol. The van der Waals surface area contributed by atoms with Crippen LogP contribution in [0.2, 0.25) is 0 Å². The maximum atomic E-state index is 16.0. The number of aromatic nitrogens is 1. The molecule has 0 amide bonds. The average molecular weight is 530 g/mol. The summed E-state index contributed by atoms with van der Waals surface area (Å²) in [6.07, 6.45) is -1.97. The Hall–Kier alpha value is -4.93. The lowest BCUT2D eigenvalue weighted by molar-refractivity contribution is -0.0579. The first-order chi connectivity index (χ1) is 19.0. The molecule has 0 bridgehead atoms. The first-order valence-corrected chi connectivity index (χ1v) is 12.1. The van der Waals surface area contributed by atoms with Crippen LogP contribution in [0, 0.1) is 22.7 Å². The van der Waals surface area contributed by atoms with Gasteiger partial charge in [-0.05, 0) is 37.3 Å². The van der Waals surface area contributed by atoms with E-state index >= 15 is 4.39 Å². The minimum atomic E-state index is -1.94. The van der Waals surface area contributed by atoms with Gasteiger partial charge in [-0.15, -0.1) is 0 Å². The molecule has 1 aromatic heterocycles. The third kappa shape index (κ3) is 5.98. The standard InChI is InChI=1S/C29H24FN3O6/c1-2-36-14-13-23-22(16-32)21(15-31)17-33(23)27-25(30)26(39-29(35)20-11-7-4-8-12-20)24(38-27)18-37-28(34)19-9-5-3-6-10-19/h3-14,17,24-27H,2,18H2,1H3/b14-13+/t24-,25+,26-,27-/m1/s1. The van der Waals surface area contributed by atoms with Crippen LogP contribution in [0.25, 0.3) is 6.08 Å². The van der Waals surface area contributed by atoms with Crippen LogP contribution < -0.4 is 0 Å². The van der Waals surface area contributed by atoms with Crippen molar-refractivity contribution in [2.75, 3.05) is 13.2 Å². The molecule has 0 saturated carbocycles. The number of hydrogen-bond acceptors (Lipinski definition) is 8. The zero-order chi connectivity index (χ0) is 27.8. The maximum Gasteiger partial charge on any atom is 0.338 e. The quantitative estimate of drug-likeness (QED) is 0.292. The number of rotatable bonds is 9. The summed E-state index contributed by atoms with van der Waals surface area (Å²) in [4.78, 5) is 25.3. The average Bonchev–Trinajstić information content (AvgIpc) is 3.48. The summed E-state index contributed by atoms with van der Waals surface area (Å²) in [7, 11) is 0. The minimum Gasteiger partial charge on any atom is -0.501 e. The Morgan fingerprint density at radius 1 is 1.03 bits per heavy atom. The highest BCUT2D eigenvalue weighted by Crippen LogP contribution is 2.37. The van der Waals surface area contributed by atoms with Gasteiger partial charge in [0.15, 0.2) is 18.5 Å². The molecule has 10 heteroatoms. The number of esters is 2. The molecule has 9 nitrogen and oxygen atoms in total. The van der Waals surface area contributed by atoms with Crippen LogP contribution in [-0.2, 0) is 18.9 Å². The summed E-state index contributed by atoms with van der Waals surface area (Å²) in [5, 5.41) is 19.2. The summed E-state index contributed by atoms with van der Waals surface area (Å²) < 4.78 is 39.4. The van der Waals surface area contributed by atoms with Gasteiger partial charge in [-0.1, -0.05) is 36.4 Å². The normalized spacial score (nSPS) is 20.2. The highest BCUT2D eigenvalue weighted by atomic mass is 19.1. The fraction of sp³-hybridized carbons (Fsp3) is 0.241. The van der Waals surface area contributed by atoms with E-state index in [4.69, 9.17) is 18.9 Å². The fourth-order valence-corrected chi connectivity index (χ4v) is 4.11. The molecule has 4 rings (SSSR count). The molecule has 0 spiro atoms. The third-order valence-electron chi connectivity index (χ3n) is 5.97. The number of alkyl halides is 1. The van der Waals surface area contributed by atoms with Gasteiger partial charge in [-0.3, -0.25) is 0 Å². The molecular formula is C29H24FN3O6. The van der Waals surface area contributed by atoms with Crippen LogP contribution in [0.15, 0.2) is 73.1 Å². The lowest BCUT2D eigenvalue weighted by atomic mass is 10.1. The van der Waals surface area contributed by atoms with Crippen LogP contribution in [0.4, 0.5) is 4.39 Å². The van der Waals surface area contributed by atoms with E-state index in [1.54, 1.807) is 55.5 Å². The van der Waals surface area contributed by atoms with Gasteiger partial charge in [0.2, 0.25) is 0 Å². The summed E-state index contributed by atoms with van der Waals surface area (Å²) in [5.74, 6) is -1.45. The predicted octanol–water partition coefficient (Wildman–Crippen LogP) is 4.56. The van der Waals surface area contributed by atoms with E-state index in [9.17, 15) is 20.1 Å². The lowest BCUT2D eigenvalue weighted by Gasteiger charge is -2.20. The lowest BCUT2D eigenvalue weighted by Crippen LogP contribution is -2.37. The molecule has 1 aliphatic heterocycles. The molecule has 2 aromatic carbocycles. The van der Waals surface area contributed by atoms with Crippen molar-refractivity contribution in [2.45, 2.75) is 31.5 Å². The molecule has 39 heavy (non-hydrogen) atoms. The number of nitrogens with zero attached hydrogens (tertiary/aromatic N) is 3. The summed E-state index contributed by atoms with van der Waals surface area (Å²) in [5.41, 5.74) is 0.660. The summed E-state index contributed by atoms with van der Waals surface area (Å²) in [6.45, 7) is 1.70. The number of carbonyl (C=O) groups excluding carboxylic acids is 2. The largest absolute Gasteiger partial charge is 0.501 e. The second kappa shape index (κ2) is 12.5. The number of carbonyl (C=O) groups is 2. The number of ether oxygens (including phenoxy) is 4. The van der Waals surface area contributed by atoms with Crippen molar-refractivity contribution in [3.63, 3.8) is 0 Å². The van der Waals surface area contributed by atoms with Gasteiger partial charge in [0.05, 0.1) is 40.8 Å². The van der Waals surface area contributed by atoms with Gasteiger partial charge in [0.25, 0.3) is 0 Å². The molecule has 1 aliphatic rings. The van der Waals surface area contributed by atoms with E-state index in [-0.39, 0.29) is 27.9 Å². The van der Waals surface area contributed by atoms with Crippen LogP contribution in [0.5, 0.6) is 0 Å². The smallest absolute Gasteiger partial charge is 0.338 e. The van der Waals surface area contributed by atoms with Crippen molar-refractivity contribution in [1.29, 1.82) is 10.5 Å². The molecule has 1 fully saturated rings.